The molecule has 2 rings (SSSR count). The summed E-state index contributed by atoms with van der Waals surface area (Å²) in [5.74, 6) is 0.242. The maximum atomic E-state index is 12.1. The molecule has 0 radical (unpaired) electrons. The maximum absolute atomic E-state index is 12.1. The lowest BCUT2D eigenvalue weighted by Crippen LogP contribution is -2.49. The van der Waals surface area contributed by atoms with Gasteiger partial charge in [0.15, 0.2) is 0 Å². The normalized spacial score (nSPS) is 15.6. The van der Waals surface area contributed by atoms with Crippen molar-refractivity contribution in [3.8, 4) is 0 Å². The summed E-state index contributed by atoms with van der Waals surface area (Å²) in [4.78, 5) is 16.4. The predicted octanol–water partition coefficient (Wildman–Crippen LogP) is 2.61. The third-order valence-corrected chi connectivity index (χ3v) is 3.90. The van der Waals surface area contributed by atoms with Gasteiger partial charge in [0.1, 0.15) is 0 Å². The lowest BCUT2D eigenvalue weighted by Gasteiger charge is -2.37. The van der Waals surface area contributed by atoms with E-state index in [9.17, 15) is 4.79 Å². The molecular weight excluding hydrogens is 321 g/mol. The highest BCUT2D eigenvalue weighted by Crippen LogP contribution is 2.21. The summed E-state index contributed by atoms with van der Waals surface area (Å²) in [6.07, 6.45) is 1.35. The second-order valence-electron chi connectivity index (χ2n) is 5.67. The van der Waals surface area contributed by atoms with E-state index in [4.69, 9.17) is 5.73 Å². The van der Waals surface area contributed by atoms with E-state index < -0.39 is 0 Å². The number of halogens is 2. The van der Waals surface area contributed by atoms with Crippen molar-refractivity contribution in [2.45, 2.75) is 32.7 Å². The lowest BCUT2D eigenvalue weighted by atomic mass is 10.1. The van der Waals surface area contributed by atoms with Gasteiger partial charge < -0.3 is 15.5 Å². The molecule has 1 aliphatic rings. The number of carbonyl (C=O) groups is 1. The van der Waals surface area contributed by atoms with Crippen LogP contribution in [0.4, 0.5) is 5.69 Å². The highest BCUT2D eigenvalue weighted by Gasteiger charge is 2.21. The van der Waals surface area contributed by atoms with Crippen molar-refractivity contribution in [3.05, 3.63) is 29.8 Å². The summed E-state index contributed by atoms with van der Waals surface area (Å²) in [7, 11) is 0. The fraction of sp³-hybridized carbons (Fsp3) is 0.562. The van der Waals surface area contributed by atoms with Crippen molar-refractivity contribution >= 4 is 36.4 Å². The molecule has 0 bridgehead atoms. The van der Waals surface area contributed by atoms with Crippen LogP contribution in [0.25, 0.3) is 0 Å². The van der Waals surface area contributed by atoms with Gasteiger partial charge in [-0.3, -0.25) is 4.79 Å². The number of anilines is 1. The van der Waals surface area contributed by atoms with Gasteiger partial charge in [0.05, 0.1) is 0 Å². The zero-order valence-corrected chi connectivity index (χ0v) is 15.0. The monoisotopic (exact) mass is 347 g/mol. The number of nitrogens with two attached hydrogens (primary N) is 1. The first-order chi connectivity index (χ1) is 9.58. The molecule has 1 aromatic carbocycles. The quantitative estimate of drug-likeness (QED) is 0.910. The first-order valence-electron chi connectivity index (χ1n) is 7.42. The largest absolute Gasteiger partial charge is 0.368 e. The number of piperazine rings is 1. The average Bonchev–Trinajstić information content (AvgIpc) is 2.45. The Kier molecular flexibility index (Phi) is 9.49. The van der Waals surface area contributed by atoms with Crippen LogP contribution in [-0.2, 0) is 4.79 Å². The number of hydrogen-bond acceptors (Lipinski definition) is 3. The van der Waals surface area contributed by atoms with Crippen molar-refractivity contribution in [1.82, 2.24) is 4.90 Å². The summed E-state index contributed by atoms with van der Waals surface area (Å²) in [5.41, 5.74) is 8.29. The molecule has 22 heavy (non-hydrogen) atoms. The number of aryl methyl sites for hydroxylation is 1. The topological polar surface area (TPSA) is 49.6 Å². The van der Waals surface area contributed by atoms with E-state index in [2.05, 4.69) is 36.1 Å². The van der Waals surface area contributed by atoms with Crippen molar-refractivity contribution in [1.29, 1.82) is 0 Å². The van der Waals surface area contributed by atoms with Gasteiger partial charge in [-0.05, 0) is 31.9 Å². The molecular formula is C16H27Cl2N3O. The smallest absolute Gasteiger partial charge is 0.222 e. The molecule has 6 heteroatoms. The molecule has 0 aliphatic carbocycles. The molecule has 2 N–H and O–H groups in total. The van der Waals surface area contributed by atoms with Crippen LogP contribution in [0.2, 0.25) is 0 Å². The van der Waals surface area contributed by atoms with E-state index in [0.29, 0.717) is 6.42 Å². The average molecular weight is 348 g/mol. The van der Waals surface area contributed by atoms with Crippen LogP contribution in [0, 0.1) is 6.92 Å². The minimum absolute atomic E-state index is 0. The van der Waals surface area contributed by atoms with Gasteiger partial charge in [-0.15, -0.1) is 24.8 Å². The molecule has 126 valence electrons. The fourth-order valence-corrected chi connectivity index (χ4v) is 2.62. The Bertz CT molecular complexity index is 460. The Labute approximate surface area is 145 Å². The zero-order valence-electron chi connectivity index (χ0n) is 13.3. The molecule has 1 unspecified atom stereocenters. The summed E-state index contributed by atoms with van der Waals surface area (Å²) in [5, 5.41) is 0. The molecule has 1 atom stereocenters. The highest BCUT2D eigenvalue weighted by molar-refractivity contribution is 5.85. The van der Waals surface area contributed by atoms with Gasteiger partial charge in [0.2, 0.25) is 5.91 Å². The van der Waals surface area contributed by atoms with E-state index in [1.54, 1.807) is 0 Å². The molecule has 1 aromatic rings. The van der Waals surface area contributed by atoms with Gasteiger partial charge in [0, 0.05) is 44.3 Å². The molecule has 1 fully saturated rings. The number of para-hydroxylation sites is 1. The number of rotatable bonds is 4. The van der Waals surface area contributed by atoms with Crippen LogP contribution in [0.15, 0.2) is 24.3 Å². The van der Waals surface area contributed by atoms with Crippen LogP contribution in [0.1, 0.15) is 25.3 Å². The fourth-order valence-electron chi connectivity index (χ4n) is 2.62. The van der Waals surface area contributed by atoms with Crippen LogP contribution < -0.4 is 10.6 Å². The van der Waals surface area contributed by atoms with Gasteiger partial charge in [-0.25, -0.2) is 0 Å². The maximum Gasteiger partial charge on any atom is 0.222 e. The highest BCUT2D eigenvalue weighted by atomic mass is 35.5. The summed E-state index contributed by atoms with van der Waals surface area (Å²) in [6.45, 7) is 7.53. The third kappa shape index (κ3) is 5.67. The second kappa shape index (κ2) is 9.93. The van der Waals surface area contributed by atoms with E-state index in [-0.39, 0.29) is 36.8 Å². The Balaban J connectivity index is 0.00000220. The van der Waals surface area contributed by atoms with Gasteiger partial charge in [-0.2, -0.15) is 0 Å². The van der Waals surface area contributed by atoms with Crippen LogP contribution in [-0.4, -0.2) is 43.0 Å². The van der Waals surface area contributed by atoms with Gasteiger partial charge in [-0.1, -0.05) is 18.2 Å². The van der Waals surface area contributed by atoms with E-state index in [1.165, 1.54) is 11.3 Å². The molecule has 1 amide bonds. The Morgan fingerprint density at radius 3 is 2.32 bits per heavy atom. The Morgan fingerprint density at radius 1 is 1.18 bits per heavy atom. The zero-order chi connectivity index (χ0) is 14.5. The molecule has 1 saturated heterocycles. The molecule has 1 aliphatic heterocycles. The number of benzene rings is 1. The second-order valence-corrected chi connectivity index (χ2v) is 5.67. The number of carbonyl (C=O) groups excluding carboxylic acids is 1. The lowest BCUT2D eigenvalue weighted by molar-refractivity contribution is -0.131. The summed E-state index contributed by atoms with van der Waals surface area (Å²) in [6, 6.07) is 8.53. The Morgan fingerprint density at radius 2 is 1.77 bits per heavy atom. The van der Waals surface area contributed by atoms with E-state index >= 15 is 0 Å². The van der Waals surface area contributed by atoms with Gasteiger partial charge in [0.25, 0.3) is 0 Å². The molecule has 0 aromatic heterocycles. The van der Waals surface area contributed by atoms with E-state index in [0.717, 1.165) is 32.6 Å². The van der Waals surface area contributed by atoms with Crippen LogP contribution in [0.3, 0.4) is 0 Å². The SMILES string of the molecule is Cc1ccccc1N1CCN(C(=O)CCC(C)N)CC1.Cl.Cl. The summed E-state index contributed by atoms with van der Waals surface area (Å²) < 4.78 is 0. The molecule has 1 heterocycles. The number of nitrogens with zero attached hydrogens (tertiary/aromatic N) is 2. The Hall–Kier alpha value is -0.970. The number of hydrogen-bond donors (Lipinski definition) is 1. The molecule has 4 nitrogen and oxygen atoms in total. The minimum Gasteiger partial charge on any atom is -0.368 e. The van der Waals surface area contributed by atoms with Crippen LogP contribution >= 0.6 is 24.8 Å². The predicted molar refractivity (Wildman–Crippen MR) is 97.4 cm³/mol. The van der Waals surface area contributed by atoms with Crippen molar-refractivity contribution < 1.29 is 4.79 Å². The van der Waals surface area contributed by atoms with Crippen molar-refractivity contribution in [2.75, 3.05) is 31.1 Å². The third-order valence-electron chi connectivity index (χ3n) is 3.90. The summed E-state index contributed by atoms with van der Waals surface area (Å²) >= 11 is 0. The van der Waals surface area contributed by atoms with Gasteiger partial charge >= 0.3 is 0 Å². The van der Waals surface area contributed by atoms with Crippen molar-refractivity contribution in [2.24, 2.45) is 5.73 Å². The number of amides is 1. The minimum atomic E-state index is 0. The molecule has 0 saturated carbocycles. The van der Waals surface area contributed by atoms with Crippen LogP contribution in [0.5, 0.6) is 0 Å². The van der Waals surface area contributed by atoms with Crippen molar-refractivity contribution in [3.63, 3.8) is 0 Å². The first-order valence-corrected chi connectivity index (χ1v) is 7.42. The standard InChI is InChI=1S/C16H25N3O.2ClH/c1-13-5-3-4-6-15(13)18-9-11-19(12-10-18)16(20)8-7-14(2)17;;/h3-6,14H,7-12,17H2,1-2H3;2*1H. The molecule has 0 spiro atoms. The first kappa shape index (κ1) is 21.0. The van der Waals surface area contributed by atoms with E-state index in [1.807, 2.05) is 11.8 Å².